The largest absolute Gasteiger partial charge is 0.481 e. The summed E-state index contributed by atoms with van der Waals surface area (Å²) in [6, 6.07) is 2.53. The van der Waals surface area contributed by atoms with E-state index in [9.17, 15) is 80.8 Å². The fraction of sp³-hybridized carbons (Fsp3) is 0.449. The van der Waals surface area contributed by atoms with Gasteiger partial charge in [0.25, 0.3) is 5.92 Å². The number of halogens is 11. The predicted molar refractivity (Wildman–Crippen MR) is 281 cm³/mol. The minimum atomic E-state index is -5.29. The van der Waals surface area contributed by atoms with Gasteiger partial charge in [-0.15, -0.1) is 0 Å². The van der Waals surface area contributed by atoms with Gasteiger partial charge in [0.15, 0.2) is 21.3 Å². The summed E-state index contributed by atoms with van der Waals surface area (Å²) in [5.74, 6) is -8.10. The van der Waals surface area contributed by atoms with Crippen molar-refractivity contribution in [2.45, 2.75) is 94.0 Å². The van der Waals surface area contributed by atoms with Gasteiger partial charge in [0, 0.05) is 61.0 Å². The summed E-state index contributed by atoms with van der Waals surface area (Å²) >= 11 is 6.72. The number of fused-ring (bicyclic) bond motifs is 4. The number of aliphatic carboxylic acids is 1. The number of phosphoric acid groups is 1. The lowest BCUT2D eigenvalue weighted by atomic mass is 9.73. The Morgan fingerprint density at radius 3 is 2.16 bits per heavy atom. The van der Waals surface area contributed by atoms with Crippen molar-refractivity contribution in [1.82, 2.24) is 40.1 Å². The number of alkyl carbamates (subject to hydrolysis) is 1. The summed E-state index contributed by atoms with van der Waals surface area (Å²) in [5, 5.41) is 19.8. The van der Waals surface area contributed by atoms with E-state index >= 15 is 8.78 Å². The van der Waals surface area contributed by atoms with Crippen LogP contribution in [0.1, 0.15) is 85.4 Å². The van der Waals surface area contributed by atoms with Crippen LogP contribution in [-0.2, 0) is 74.9 Å². The van der Waals surface area contributed by atoms with Crippen molar-refractivity contribution in [2.24, 2.45) is 5.92 Å². The second kappa shape index (κ2) is 24.6. The van der Waals surface area contributed by atoms with Crippen molar-refractivity contribution in [3.63, 3.8) is 0 Å². The Morgan fingerprint density at radius 2 is 1.59 bits per heavy atom. The molecule has 3 heterocycles. The quantitative estimate of drug-likeness (QED) is 0.0205. The Hall–Kier alpha value is -7.09. The molecule has 0 saturated heterocycles. The number of carbonyl (C=O) groups excluding carboxylic acids is 3. The van der Waals surface area contributed by atoms with Crippen molar-refractivity contribution in [3.8, 4) is 23.0 Å². The maximum absolute atomic E-state index is 16.0. The van der Waals surface area contributed by atoms with E-state index < -0.39 is 219 Å². The number of anilines is 1. The highest BCUT2D eigenvalue weighted by molar-refractivity contribution is 7.93. The van der Waals surface area contributed by atoms with Crippen LogP contribution in [-0.4, -0.2) is 135 Å². The van der Waals surface area contributed by atoms with Crippen LogP contribution in [0.3, 0.4) is 0 Å². The molecule has 0 spiro atoms. The fourth-order valence-electron chi connectivity index (χ4n) is 9.50. The smallest absolute Gasteiger partial charge is 0.472 e. The van der Waals surface area contributed by atoms with Gasteiger partial charge in [0.2, 0.25) is 22.7 Å². The predicted octanol–water partition coefficient (Wildman–Crippen LogP) is 7.53. The number of carboxylic acids is 1. The van der Waals surface area contributed by atoms with Gasteiger partial charge in [-0.1, -0.05) is 23.6 Å². The number of sulfonamides is 1. The second-order valence-electron chi connectivity index (χ2n) is 20.2. The number of amides is 4. The molecule has 1 saturated carbocycles. The van der Waals surface area contributed by atoms with Crippen LogP contribution in [0.25, 0.3) is 22.0 Å². The molecule has 468 valence electrons. The number of ether oxygens (including phenoxy) is 1. The van der Waals surface area contributed by atoms with E-state index in [-0.39, 0.29) is 37.8 Å². The zero-order valence-corrected chi connectivity index (χ0v) is 48.2. The third-order valence-electron chi connectivity index (χ3n) is 13.6. The zero-order chi connectivity index (χ0) is 64.0. The molecule has 0 radical (unpaired) electrons. The average Bonchev–Trinajstić information content (AvgIpc) is 1.54. The zero-order valence-electron chi connectivity index (χ0n) is 44.9. The molecule has 1 fully saturated rings. The molecule has 0 bridgehead atoms. The number of phosphoric ester groups is 1. The first-order valence-corrected chi connectivity index (χ1v) is 30.6. The molecule has 7 rings (SSSR count). The molecule has 2 aromatic carbocycles. The summed E-state index contributed by atoms with van der Waals surface area (Å²) < 4.78 is 221. The highest BCUT2D eigenvalue weighted by Gasteiger charge is 2.63. The van der Waals surface area contributed by atoms with Crippen LogP contribution in [0, 0.1) is 29.4 Å². The molecule has 3 atom stereocenters. The Bertz CT molecular complexity index is 3850. The van der Waals surface area contributed by atoms with E-state index in [1.807, 2.05) is 0 Å². The normalized spacial score (nSPS) is 16.3. The van der Waals surface area contributed by atoms with Crippen LogP contribution in [0.15, 0.2) is 42.5 Å². The summed E-state index contributed by atoms with van der Waals surface area (Å²) in [6.07, 6.45) is -12.9. The molecule has 0 aliphatic heterocycles. The molecule has 5 aromatic rings. The molecule has 4 amide bonds. The number of pyridine rings is 1. The number of nitrogens with zero attached hydrogens (tertiary/aromatic N) is 7. The van der Waals surface area contributed by atoms with Gasteiger partial charge in [-0.05, 0) is 87.3 Å². The standard InChI is InChI=1S/C49H49ClF10N9O14PS2/c1-46(2,85(3,78)79)14-13-28-7-8-29(39(62-28)34(20-25-18-26(51)21-27(52)19-25)63-35(70)22-67-42-37(41(64-67)49(58,59)60)31-9-11-32(31)48(42,56)57)30-10-12-33(50)38-40(30)68(23-47(53,54)55)65-43(38)69(86(4,80)81)45(74)66(16-5-6-36(71)72)17-15-61-44(73)82-24-83-84(75,76)77/h7-8,10,12,18-19,21,31-32,34H,5-6,9,11,15-17,20,22-24H2,1-4H3,(H,61,73)(H,63,70)(H,71,72)(H2,75,76,77)/t31-,32+,34-/m0/s1. The Labute approximate surface area is 486 Å². The number of hydrogen-bond acceptors (Lipinski definition) is 14. The number of alkyl halides is 8. The molecule has 86 heavy (non-hydrogen) atoms. The maximum Gasteiger partial charge on any atom is 0.472 e. The molecule has 3 aromatic heterocycles. The Morgan fingerprint density at radius 1 is 0.942 bits per heavy atom. The molecule has 37 heteroatoms. The number of urea groups is 1. The topological polar surface area (TPSA) is 312 Å². The minimum Gasteiger partial charge on any atom is -0.481 e. The maximum atomic E-state index is 16.0. The van der Waals surface area contributed by atoms with Crippen LogP contribution < -0.4 is 14.9 Å². The van der Waals surface area contributed by atoms with Crippen molar-refractivity contribution in [2.75, 3.05) is 43.2 Å². The number of aromatic nitrogens is 5. The summed E-state index contributed by atoms with van der Waals surface area (Å²) in [7, 11) is -14.3. The van der Waals surface area contributed by atoms with Gasteiger partial charge in [0.1, 0.15) is 40.9 Å². The van der Waals surface area contributed by atoms with E-state index in [0.29, 0.717) is 17.2 Å². The van der Waals surface area contributed by atoms with Crippen molar-refractivity contribution < 1.29 is 109 Å². The minimum absolute atomic E-state index is 0.0602. The van der Waals surface area contributed by atoms with E-state index in [4.69, 9.17) is 21.4 Å². The first kappa shape index (κ1) is 66.4. The molecular formula is C49H49ClF10N9O14PS2. The number of sulfone groups is 1. The van der Waals surface area contributed by atoms with Crippen molar-refractivity contribution in [1.29, 1.82) is 0 Å². The summed E-state index contributed by atoms with van der Waals surface area (Å²) in [4.78, 5) is 75.7. The lowest BCUT2D eigenvalue weighted by Crippen LogP contribution is -2.49. The van der Waals surface area contributed by atoms with Crippen molar-refractivity contribution >= 4 is 80.0 Å². The SMILES string of the molecule is CC(C)(C#Cc1ccc(-c2ccc(Cl)c3c(N(C(=O)N(CCCC(=O)O)CCNC(=O)OCOP(=O)(O)O)S(C)(=O)=O)nn(CC(F)(F)F)c23)c([C@H](Cc2cc(F)cc(F)c2)NC(=O)Cn2nc(C(F)(F)F)c3c2C(F)(F)[C@@H]2CC[C@H]32)n1)S(C)(=O)=O. The molecule has 23 nitrogen and oxygen atoms in total. The molecule has 0 unspecified atom stereocenters. The van der Waals surface area contributed by atoms with E-state index in [2.05, 4.69) is 46.9 Å². The Balaban J connectivity index is 1.44. The van der Waals surface area contributed by atoms with Gasteiger partial charge in [0.05, 0.1) is 33.9 Å². The fourth-order valence-corrected chi connectivity index (χ4v) is 11.0. The number of hydrogen-bond donors (Lipinski definition) is 5. The number of carbonyl (C=O) groups is 4. The lowest BCUT2D eigenvalue weighted by molar-refractivity contribution is -0.144. The van der Waals surface area contributed by atoms with Crippen LogP contribution in [0.2, 0.25) is 5.02 Å². The molecule has 2 aliphatic rings. The molecule has 2 aliphatic carbocycles. The summed E-state index contributed by atoms with van der Waals surface area (Å²) in [6.45, 7) is -4.49. The third-order valence-corrected chi connectivity index (χ3v) is 17.3. The number of rotatable bonds is 21. The van der Waals surface area contributed by atoms with Crippen LogP contribution in [0.5, 0.6) is 0 Å². The average molecular weight is 1310 g/mol. The molecular weight excluding hydrogens is 1260 g/mol. The number of carboxylic acid groups (broad SMARTS) is 1. The first-order valence-electron chi connectivity index (χ1n) is 25.0. The van der Waals surface area contributed by atoms with E-state index in [1.54, 1.807) is 0 Å². The van der Waals surface area contributed by atoms with Gasteiger partial charge < -0.3 is 35.2 Å². The van der Waals surface area contributed by atoms with Crippen LogP contribution >= 0.6 is 19.4 Å². The van der Waals surface area contributed by atoms with E-state index in [0.717, 1.165) is 42.7 Å². The van der Waals surface area contributed by atoms with Gasteiger partial charge in [-0.25, -0.2) is 49.3 Å². The first-order chi connectivity index (χ1) is 39.6. The van der Waals surface area contributed by atoms with Gasteiger partial charge >= 0.3 is 38.3 Å². The van der Waals surface area contributed by atoms with E-state index in [1.165, 1.54) is 13.8 Å². The third kappa shape index (κ3) is 15.2. The summed E-state index contributed by atoms with van der Waals surface area (Å²) in [5.41, 5.74) is -6.67. The highest BCUT2D eigenvalue weighted by Crippen LogP contribution is 2.64. The number of benzene rings is 2. The highest BCUT2D eigenvalue weighted by atomic mass is 35.5. The monoisotopic (exact) mass is 1310 g/mol. The van der Waals surface area contributed by atoms with Crippen molar-refractivity contribution in [3.05, 3.63) is 93.0 Å². The Kier molecular flexibility index (Phi) is 19.0. The second-order valence-corrected chi connectivity index (χ2v) is 26.3. The van der Waals surface area contributed by atoms with Gasteiger partial charge in [-0.2, -0.15) is 49.6 Å². The lowest BCUT2D eigenvalue weighted by Gasteiger charge is -2.34. The number of nitrogens with one attached hydrogen (secondary N) is 2. The molecule has 5 N–H and O–H groups in total. The van der Waals surface area contributed by atoms with Crippen LogP contribution in [0.4, 0.5) is 59.3 Å². The van der Waals surface area contributed by atoms with Gasteiger partial charge in [-0.3, -0.25) is 19.0 Å².